The van der Waals surface area contributed by atoms with E-state index in [9.17, 15) is 9.59 Å². The number of methoxy groups -OCH3 is 2. The first-order valence-electron chi connectivity index (χ1n) is 12.2. The molecule has 0 bridgehead atoms. The van der Waals surface area contributed by atoms with Crippen molar-refractivity contribution in [3.05, 3.63) is 102 Å². The van der Waals surface area contributed by atoms with Crippen LogP contribution in [0.1, 0.15) is 26.3 Å². The first-order chi connectivity index (χ1) is 18.5. The molecule has 0 spiro atoms. The summed E-state index contributed by atoms with van der Waals surface area (Å²) in [5, 5.41) is 0. The molecular formula is C29H31NO8. The Balaban J connectivity index is 1.50. The number of ether oxygens (including phenoxy) is 6. The molecule has 0 radical (unpaired) electrons. The molecule has 0 amide bonds. The van der Waals surface area contributed by atoms with E-state index in [4.69, 9.17) is 34.2 Å². The summed E-state index contributed by atoms with van der Waals surface area (Å²) in [7, 11) is 3.02. The monoisotopic (exact) mass is 521 g/mol. The molecule has 0 aliphatic carbocycles. The van der Waals surface area contributed by atoms with Crippen molar-refractivity contribution in [2.24, 2.45) is 5.73 Å². The van der Waals surface area contributed by atoms with Gasteiger partial charge in [0.25, 0.3) is 0 Å². The lowest BCUT2D eigenvalue weighted by Gasteiger charge is -2.43. The molecule has 200 valence electrons. The molecule has 0 aromatic heterocycles. The van der Waals surface area contributed by atoms with Gasteiger partial charge in [-0.3, -0.25) is 0 Å². The average molecular weight is 522 g/mol. The van der Waals surface area contributed by atoms with Crippen LogP contribution in [-0.2, 0) is 30.3 Å². The lowest BCUT2D eigenvalue weighted by atomic mass is 9.96. The number of esters is 2. The molecular weight excluding hydrogens is 490 g/mol. The Morgan fingerprint density at radius 1 is 0.789 bits per heavy atom. The molecule has 5 atom stereocenters. The number of hydrogen-bond acceptors (Lipinski definition) is 9. The van der Waals surface area contributed by atoms with Crippen molar-refractivity contribution in [3.8, 4) is 5.75 Å². The van der Waals surface area contributed by atoms with Gasteiger partial charge in [0.15, 0.2) is 18.5 Å². The van der Waals surface area contributed by atoms with Gasteiger partial charge >= 0.3 is 11.9 Å². The van der Waals surface area contributed by atoms with Crippen LogP contribution in [0.15, 0.2) is 84.9 Å². The maximum absolute atomic E-state index is 13.0. The predicted molar refractivity (Wildman–Crippen MR) is 138 cm³/mol. The van der Waals surface area contributed by atoms with Crippen LogP contribution in [0.2, 0.25) is 0 Å². The highest BCUT2D eigenvalue weighted by Gasteiger charge is 2.49. The summed E-state index contributed by atoms with van der Waals surface area (Å²) in [6.07, 6.45) is -3.94. The Hall–Kier alpha value is -3.76. The van der Waals surface area contributed by atoms with Crippen molar-refractivity contribution in [2.45, 2.75) is 37.3 Å². The zero-order chi connectivity index (χ0) is 26.9. The van der Waals surface area contributed by atoms with E-state index in [-0.39, 0.29) is 6.61 Å². The highest BCUT2D eigenvalue weighted by atomic mass is 16.7. The van der Waals surface area contributed by atoms with Crippen molar-refractivity contribution in [1.29, 1.82) is 0 Å². The van der Waals surface area contributed by atoms with E-state index in [1.54, 1.807) is 67.8 Å². The fourth-order valence-electron chi connectivity index (χ4n) is 4.08. The Bertz CT molecular complexity index is 1170. The second-order valence-corrected chi connectivity index (χ2v) is 8.69. The largest absolute Gasteiger partial charge is 0.497 e. The van der Waals surface area contributed by atoms with E-state index in [1.807, 2.05) is 24.3 Å². The lowest BCUT2D eigenvalue weighted by molar-refractivity contribution is -0.269. The lowest BCUT2D eigenvalue weighted by Crippen LogP contribution is -2.64. The maximum Gasteiger partial charge on any atom is 0.338 e. The Labute approximate surface area is 221 Å². The Morgan fingerprint density at radius 2 is 1.34 bits per heavy atom. The standard InChI is InChI=1S/C29H31NO8/c1-33-22-15-13-19(14-16-22)17-35-18-23-24(30)25(37-27(31)20-9-5-3-6-10-20)26(29(34-2)36-23)38-28(32)21-11-7-4-8-12-21/h3-16,23-26,29H,17-18,30H2,1-2H3/t23-,24-,25+,26-,29+/m1/s1. The van der Waals surface area contributed by atoms with E-state index in [0.717, 1.165) is 11.3 Å². The summed E-state index contributed by atoms with van der Waals surface area (Å²) < 4.78 is 34.2. The number of rotatable bonds is 10. The highest BCUT2D eigenvalue weighted by Crippen LogP contribution is 2.28. The molecule has 1 aliphatic rings. The smallest absolute Gasteiger partial charge is 0.338 e. The normalized spacial score (nSPS) is 22.9. The van der Waals surface area contributed by atoms with Gasteiger partial charge in [0.05, 0.1) is 37.5 Å². The van der Waals surface area contributed by atoms with Crippen LogP contribution in [0, 0.1) is 0 Å². The van der Waals surface area contributed by atoms with Crippen LogP contribution in [0.25, 0.3) is 0 Å². The molecule has 38 heavy (non-hydrogen) atoms. The summed E-state index contributed by atoms with van der Waals surface area (Å²) in [6.45, 7) is 0.390. The van der Waals surface area contributed by atoms with Crippen molar-refractivity contribution < 1.29 is 38.0 Å². The van der Waals surface area contributed by atoms with Gasteiger partial charge in [0.2, 0.25) is 0 Å². The first kappa shape index (κ1) is 27.3. The minimum absolute atomic E-state index is 0.0891. The first-order valence-corrected chi connectivity index (χ1v) is 12.2. The number of benzene rings is 3. The molecule has 0 saturated carbocycles. The van der Waals surface area contributed by atoms with Crippen LogP contribution in [0.5, 0.6) is 5.75 Å². The second kappa shape index (κ2) is 13.2. The van der Waals surface area contributed by atoms with Gasteiger partial charge < -0.3 is 34.2 Å². The SMILES string of the molecule is COc1ccc(COC[C@H]2O[C@H](OC)[C@H](OC(=O)c3ccccc3)[C@@H](OC(=O)c3ccccc3)[C@@H]2N)cc1. The quantitative estimate of drug-likeness (QED) is 0.401. The predicted octanol–water partition coefficient (Wildman–Crippen LogP) is 3.36. The molecule has 9 heteroatoms. The van der Waals surface area contributed by atoms with Gasteiger partial charge in [-0.05, 0) is 42.0 Å². The van der Waals surface area contributed by atoms with E-state index >= 15 is 0 Å². The number of nitrogens with two attached hydrogens (primary N) is 1. The average Bonchev–Trinajstić information content (AvgIpc) is 2.97. The Kier molecular flexibility index (Phi) is 9.45. The molecule has 3 aromatic carbocycles. The van der Waals surface area contributed by atoms with Gasteiger partial charge in [-0.15, -0.1) is 0 Å². The van der Waals surface area contributed by atoms with Crippen LogP contribution in [-0.4, -0.2) is 63.4 Å². The summed E-state index contributed by atoms with van der Waals surface area (Å²) in [6, 6.07) is 23.5. The fraction of sp³-hybridized carbons (Fsp3) is 0.310. The Morgan fingerprint density at radius 3 is 1.87 bits per heavy atom. The topological polar surface area (TPSA) is 116 Å². The molecule has 1 saturated heterocycles. The van der Waals surface area contributed by atoms with E-state index in [1.165, 1.54) is 7.11 Å². The molecule has 1 heterocycles. The summed E-state index contributed by atoms with van der Waals surface area (Å²) in [4.78, 5) is 25.9. The molecule has 2 N–H and O–H groups in total. The van der Waals surface area contributed by atoms with Crippen LogP contribution >= 0.6 is 0 Å². The van der Waals surface area contributed by atoms with Crippen LogP contribution in [0.3, 0.4) is 0 Å². The number of carbonyl (C=O) groups is 2. The summed E-state index contributed by atoms with van der Waals surface area (Å²) >= 11 is 0. The van der Waals surface area contributed by atoms with Gasteiger partial charge in [-0.1, -0.05) is 48.5 Å². The minimum atomic E-state index is -1.12. The molecule has 1 fully saturated rings. The molecule has 3 aromatic rings. The molecule has 1 aliphatic heterocycles. The van der Waals surface area contributed by atoms with Crippen LogP contribution in [0.4, 0.5) is 0 Å². The number of hydrogen-bond donors (Lipinski definition) is 1. The van der Waals surface area contributed by atoms with Crippen molar-refractivity contribution in [1.82, 2.24) is 0 Å². The zero-order valence-corrected chi connectivity index (χ0v) is 21.2. The third-order valence-electron chi connectivity index (χ3n) is 6.16. The van der Waals surface area contributed by atoms with Crippen LogP contribution < -0.4 is 10.5 Å². The summed E-state index contributed by atoms with van der Waals surface area (Å²) in [5.74, 6) is -0.488. The highest BCUT2D eigenvalue weighted by molar-refractivity contribution is 5.90. The molecule has 9 nitrogen and oxygen atoms in total. The van der Waals surface area contributed by atoms with Gasteiger partial charge in [-0.2, -0.15) is 0 Å². The minimum Gasteiger partial charge on any atom is -0.497 e. The van der Waals surface area contributed by atoms with E-state index in [0.29, 0.717) is 17.7 Å². The van der Waals surface area contributed by atoms with E-state index < -0.39 is 42.6 Å². The molecule has 4 rings (SSSR count). The third kappa shape index (κ3) is 6.76. The third-order valence-corrected chi connectivity index (χ3v) is 6.16. The maximum atomic E-state index is 13.0. The van der Waals surface area contributed by atoms with Crippen molar-refractivity contribution in [3.63, 3.8) is 0 Å². The van der Waals surface area contributed by atoms with E-state index in [2.05, 4.69) is 0 Å². The fourth-order valence-corrected chi connectivity index (χ4v) is 4.08. The number of carbonyl (C=O) groups excluding carboxylic acids is 2. The van der Waals surface area contributed by atoms with Crippen molar-refractivity contribution in [2.75, 3.05) is 20.8 Å². The molecule has 0 unspecified atom stereocenters. The second-order valence-electron chi connectivity index (χ2n) is 8.69. The summed E-state index contributed by atoms with van der Waals surface area (Å²) in [5.41, 5.74) is 8.14. The van der Waals surface area contributed by atoms with Crippen molar-refractivity contribution >= 4 is 11.9 Å². The van der Waals surface area contributed by atoms with Gasteiger partial charge in [0.1, 0.15) is 11.9 Å². The van der Waals surface area contributed by atoms with Gasteiger partial charge in [-0.25, -0.2) is 9.59 Å². The van der Waals surface area contributed by atoms with Gasteiger partial charge in [0, 0.05) is 7.11 Å². The zero-order valence-electron chi connectivity index (χ0n) is 21.2.